The Hall–Kier alpha value is -0.830. The first-order valence-electron chi connectivity index (χ1n) is 7.28. The average Bonchev–Trinajstić information content (AvgIpc) is 2.45. The van der Waals surface area contributed by atoms with Crippen LogP contribution >= 0.6 is 27.5 Å². The van der Waals surface area contributed by atoms with Crippen molar-refractivity contribution in [2.45, 2.75) is 32.2 Å². The molecule has 1 atom stereocenters. The van der Waals surface area contributed by atoms with Gasteiger partial charge in [-0.05, 0) is 41.8 Å². The first-order valence-corrected chi connectivity index (χ1v) is 8.45. The van der Waals surface area contributed by atoms with E-state index in [1.165, 1.54) is 11.1 Å². The van der Waals surface area contributed by atoms with Gasteiger partial charge in [0.2, 0.25) is 0 Å². The van der Waals surface area contributed by atoms with E-state index < -0.39 is 0 Å². The molecule has 0 aliphatic heterocycles. The molecule has 0 saturated heterocycles. The molecule has 21 heavy (non-hydrogen) atoms. The second kappa shape index (κ2) is 7.98. The van der Waals surface area contributed by atoms with Gasteiger partial charge in [-0.25, -0.2) is 0 Å². The Morgan fingerprint density at radius 2 is 1.81 bits per heavy atom. The van der Waals surface area contributed by atoms with E-state index in [2.05, 4.69) is 71.5 Å². The summed E-state index contributed by atoms with van der Waals surface area (Å²) in [5.41, 5.74) is 2.63. The summed E-state index contributed by atoms with van der Waals surface area (Å²) < 4.78 is 1.12. The lowest BCUT2D eigenvalue weighted by atomic mass is 9.91. The van der Waals surface area contributed by atoms with Crippen molar-refractivity contribution >= 4 is 27.5 Å². The number of benzene rings is 2. The molecule has 0 saturated carbocycles. The Bertz CT molecular complexity index is 566. The number of halogens is 2. The minimum atomic E-state index is 0.423. The third kappa shape index (κ3) is 5.46. The fourth-order valence-corrected chi connectivity index (χ4v) is 2.81. The molecule has 2 aromatic rings. The average molecular weight is 367 g/mol. The van der Waals surface area contributed by atoms with E-state index in [0.717, 1.165) is 22.5 Å². The molecule has 0 bridgehead atoms. The molecule has 3 heteroatoms. The maximum Gasteiger partial charge on any atom is 0.0408 e. The number of hydrogen-bond donors (Lipinski definition) is 1. The fraction of sp³-hybridized carbons (Fsp3) is 0.333. The van der Waals surface area contributed by atoms with E-state index in [0.29, 0.717) is 12.0 Å². The second-order valence-electron chi connectivity index (χ2n) is 5.65. The second-order valence-corrected chi connectivity index (χ2v) is 7.00. The predicted molar refractivity (Wildman–Crippen MR) is 95.2 cm³/mol. The summed E-state index contributed by atoms with van der Waals surface area (Å²) in [6.45, 7) is 5.30. The summed E-state index contributed by atoms with van der Waals surface area (Å²) in [5, 5.41) is 4.35. The van der Waals surface area contributed by atoms with Gasteiger partial charge >= 0.3 is 0 Å². The minimum absolute atomic E-state index is 0.423. The Balaban J connectivity index is 2.17. The van der Waals surface area contributed by atoms with Gasteiger partial charge in [0.05, 0.1) is 0 Å². The molecule has 0 heterocycles. The quantitative estimate of drug-likeness (QED) is 0.719. The molecule has 0 spiro atoms. The van der Waals surface area contributed by atoms with Crippen LogP contribution in [0, 0.1) is 0 Å². The van der Waals surface area contributed by atoms with Crippen molar-refractivity contribution in [3.63, 3.8) is 0 Å². The highest BCUT2D eigenvalue weighted by atomic mass is 79.9. The first-order chi connectivity index (χ1) is 10.0. The maximum atomic E-state index is 6.15. The molecule has 2 aromatic carbocycles. The predicted octanol–water partition coefficient (Wildman–Crippen LogP) is 5.43. The van der Waals surface area contributed by atoms with Crippen LogP contribution in [-0.2, 0) is 6.42 Å². The van der Waals surface area contributed by atoms with Crippen molar-refractivity contribution < 1.29 is 0 Å². The van der Waals surface area contributed by atoms with E-state index in [4.69, 9.17) is 11.6 Å². The SMILES string of the molecule is CC(C)NCC(Cc1ccc(Br)cc1)c1cccc(Cl)c1. The summed E-state index contributed by atoms with van der Waals surface area (Å²) in [5.74, 6) is 0.423. The van der Waals surface area contributed by atoms with Crippen molar-refractivity contribution in [1.29, 1.82) is 0 Å². The van der Waals surface area contributed by atoms with Crippen molar-refractivity contribution in [1.82, 2.24) is 5.32 Å². The van der Waals surface area contributed by atoms with E-state index in [1.54, 1.807) is 0 Å². The molecular weight excluding hydrogens is 346 g/mol. The van der Waals surface area contributed by atoms with Gasteiger partial charge in [-0.15, -0.1) is 0 Å². The summed E-state index contributed by atoms with van der Waals surface area (Å²) in [4.78, 5) is 0. The fourth-order valence-electron chi connectivity index (χ4n) is 2.35. The molecule has 0 radical (unpaired) electrons. The third-order valence-corrected chi connectivity index (χ3v) is 4.25. The number of hydrogen-bond acceptors (Lipinski definition) is 1. The van der Waals surface area contributed by atoms with Crippen LogP contribution in [0.25, 0.3) is 0 Å². The van der Waals surface area contributed by atoms with E-state index in [-0.39, 0.29) is 0 Å². The summed E-state index contributed by atoms with van der Waals surface area (Å²) >= 11 is 9.63. The van der Waals surface area contributed by atoms with E-state index in [1.807, 2.05) is 12.1 Å². The first kappa shape index (κ1) is 16.5. The largest absolute Gasteiger partial charge is 0.314 e. The summed E-state index contributed by atoms with van der Waals surface area (Å²) in [6.07, 6.45) is 1.01. The Morgan fingerprint density at radius 3 is 2.43 bits per heavy atom. The van der Waals surface area contributed by atoms with Gasteiger partial charge in [0.15, 0.2) is 0 Å². The smallest absolute Gasteiger partial charge is 0.0408 e. The highest BCUT2D eigenvalue weighted by Crippen LogP contribution is 2.24. The van der Waals surface area contributed by atoms with Gasteiger partial charge in [0.25, 0.3) is 0 Å². The number of nitrogens with one attached hydrogen (secondary N) is 1. The standard InChI is InChI=1S/C18H21BrClN/c1-13(2)21-12-16(15-4-3-5-18(20)11-15)10-14-6-8-17(19)9-7-14/h3-9,11,13,16,21H,10,12H2,1-2H3. The zero-order chi connectivity index (χ0) is 15.2. The third-order valence-electron chi connectivity index (χ3n) is 3.49. The highest BCUT2D eigenvalue weighted by Gasteiger charge is 2.13. The van der Waals surface area contributed by atoms with Crippen molar-refractivity contribution in [3.8, 4) is 0 Å². The van der Waals surface area contributed by atoms with Gasteiger partial charge in [-0.2, -0.15) is 0 Å². The Labute approximate surface area is 140 Å². The van der Waals surface area contributed by atoms with Gasteiger partial charge in [-0.3, -0.25) is 0 Å². The van der Waals surface area contributed by atoms with Crippen molar-refractivity contribution in [2.24, 2.45) is 0 Å². The molecule has 0 aliphatic carbocycles. The molecule has 0 aromatic heterocycles. The number of rotatable bonds is 6. The van der Waals surface area contributed by atoms with Crippen molar-refractivity contribution in [3.05, 3.63) is 69.2 Å². The van der Waals surface area contributed by atoms with E-state index in [9.17, 15) is 0 Å². The molecular formula is C18H21BrClN. The van der Waals surface area contributed by atoms with Crippen LogP contribution in [0.2, 0.25) is 5.02 Å². The Morgan fingerprint density at radius 1 is 1.10 bits per heavy atom. The van der Waals surface area contributed by atoms with Gasteiger partial charge in [0.1, 0.15) is 0 Å². The maximum absolute atomic E-state index is 6.15. The summed E-state index contributed by atoms with van der Waals surface area (Å²) in [7, 11) is 0. The molecule has 0 amide bonds. The van der Waals surface area contributed by atoms with Crippen LogP contribution in [0.1, 0.15) is 30.9 Å². The monoisotopic (exact) mass is 365 g/mol. The van der Waals surface area contributed by atoms with Gasteiger partial charge in [0, 0.05) is 28.0 Å². The molecule has 2 rings (SSSR count). The summed E-state index contributed by atoms with van der Waals surface area (Å²) in [6, 6.07) is 17.2. The van der Waals surface area contributed by atoms with Gasteiger partial charge in [-0.1, -0.05) is 65.6 Å². The van der Waals surface area contributed by atoms with Crippen LogP contribution in [0.5, 0.6) is 0 Å². The van der Waals surface area contributed by atoms with Crippen molar-refractivity contribution in [2.75, 3.05) is 6.54 Å². The Kier molecular flexibility index (Phi) is 6.28. The van der Waals surface area contributed by atoms with Crippen LogP contribution in [0.4, 0.5) is 0 Å². The normalized spacial score (nSPS) is 12.6. The minimum Gasteiger partial charge on any atom is -0.314 e. The van der Waals surface area contributed by atoms with Crippen LogP contribution in [-0.4, -0.2) is 12.6 Å². The lowest BCUT2D eigenvalue weighted by Gasteiger charge is -2.20. The molecule has 1 N–H and O–H groups in total. The molecule has 0 aliphatic rings. The van der Waals surface area contributed by atoms with Crippen LogP contribution in [0.15, 0.2) is 53.0 Å². The van der Waals surface area contributed by atoms with Crippen LogP contribution in [0.3, 0.4) is 0 Å². The lowest BCUT2D eigenvalue weighted by molar-refractivity contribution is 0.527. The lowest BCUT2D eigenvalue weighted by Crippen LogP contribution is -2.29. The van der Waals surface area contributed by atoms with Gasteiger partial charge < -0.3 is 5.32 Å². The topological polar surface area (TPSA) is 12.0 Å². The zero-order valence-electron chi connectivity index (χ0n) is 12.4. The van der Waals surface area contributed by atoms with E-state index >= 15 is 0 Å². The molecule has 1 unspecified atom stereocenters. The molecule has 112 valence electrons. The molecule has 0 fully saturated rings. The van der Waals surface area contributed by atoms with Crippen LogP contribution < -0.4 is 5.32 Å². The highest BCUT2D eigenvalue weighted by molar-refractivity contribution is 9.10. The zero-order valence-corrected chi connectivity index (χ0v) is 14.8. The molecule has 1 nitrogen and oxygen atoms in total.